The van der Waals surface area contributed by atoms with Gasteiger partial charge in [-0.25, -0.2) is 0 Å². The van der Waals surface area contributed by atoms with Gasteiger partial charge in [0.05, 0.1) is 11.2 Å². The standard InChI is InChI=1S/C40H48N4O6S2/c1-27(2)35-37(48)41-25-34(46)50-31(24-33(45)44-39(3,4)38(49)42-32(26-51)36(47)43-35)22-14-15-23-52-40(28-16-8-5-9-17-28,29-18-10-6-11-19-29)30-20-12-7-13-21-30/h5-14,16-22,27,31-32,35,51H,15,23-26H2,1-4H3,(H,41,48)(H,42,49)(H,43,47)(H,44,45)/b22-14+/t31-,32-,35-/m1/s1. The number of thiol groups is 1. The van der Waals surface area contributed by atoms with Crippen molar-refractivity contribution in [2.45, 2.75) is 69.0 Å². The number of esters is 1. The summed E-state index contributed by atoms with van der Waals surface area (Å²) in [6.07, 6.45) is 2.88. The summed E-state index contributed by atoms with van der Waals surface area (Å²) in [5, 5.41) is 10.5. The van der Waals surface area contributed by atoms with E-state index < -0.39 is 64.6 Å². The van der Waals surface area contributed by atoms with Gasteiger partial charge in [-0.2, -0.15) is 12.6 Å². The highest BCUT2D eigenvalue weighted by Gasteiger charge is 2.37. The van der Waals surface area contributed by atoms with Gasteiger partial charge in [0.25, 0.3) is 0 Å². The molecule has 276 valence electrons. The monoisotopic (exact) mass is 744 g/mol. The highest BCUT2D eigenvalue weighted by molar-refractivity contribution is 8.00. The van der Waals surface area contributed by atoms with E-state index in [1.54, 1.807) is 31.7 Å². The van der Waals surface area contributed by atoms with Gasteiger partial charge in [-0.15, -0.1) is 11.8 Å². The van der Waals surface area contributed by atoms with Crippen molar-refractivity contribution in [3.05, 3.63) is 120 Å². The van der Waals surface area contributed by atoms with Gasteiger partial charge >= 0.3 is 5.97 Å². The molecule has 3 aromatic carbocycles. The zero-order valence-corrected chi connectivity index (χ0v) is 31.7. The molecule has 0 aromatic heterocycles. The van der Waals surface area contributed by atoms with E-state index in [0.717, 1.165) is 16.7 Å². The number of carbonyl (C=O) groups excluding carboxylic acids is 5. The van der Waals surface area contributed by atoms with Crippen molar-refractivity contribution in [1.29, 1.82) is 0 Å². The molecule has 10 nitrogen and oxygen atoms in total. The lowest BCUT2D eigenvalue weighted by Crippen LogP contribution is -2.61. The number of nitrogens with one attached hydrogen (secondary N) is 4. The van der Waals surface area contributed by atoms with Gasteiger partial charge in [0.15, 0.2) is 0 Å². The fourth-order valence-electron chi connectivity index (χ4n) is 5.89. The van der Waals surface area contributed by atoms with Gasteiger partial charge in [0.2, 0.25) is 23.6 Å². The number of hydrogen-bond acceptors (Lipinski definition) is 8. The average Bonchev–Trinajstić information content (AvgIpc) is 3.13. The van der Waals surface area contributed by atoms with Crippen LogP contribution in [0, 0.1) is 5.92 Å². The molecule has 4 rings (SSSR count). The Balaban J connectivity index is 1.56. The largest absolute Gasteiger partial charge is 0.456 e. The molecule has 0 unspecified atom stereocenters. The van der Waals surface area contributed by atoms with Crippen LogP contribution < -0.4 is 21.3 Å². The summed E-state index contributed by atoms with van der Waals surface area (Å²) in [6, 6.07) is 29.0. The molecule has 0 spiro atoms. The van der Waals surface area contributed by atoms with Gasteiger partial charge in [-0.3, -0.25) is 24.0 Å². The zero-order chi connectivity index (χ0) is 37.7. The van der Waals surface area contributed by atoms with Gasteiger partial charge < -0.3 is 26.0 Å². The summed E-state index contributed by atoms with van der Waals surface area (Å²) < 4.78 is 5.16. The summed E-state index contributed by atoms with van der Waals surface area (Å²) >= 11 is 6.00. The first-order valence-corrected chi connectivity index (χ1v) is 19.0. The number of ether oxygens (including phenoxy) is 1. The fraction of sp³-hybridized carbons (Fsp3) is 0.375. The van der Waals surface area contributed by atoms with Crippen LogP contribution in [0.25, 0.3) is 0 Å². The van der Waals surface area contributed by atoms with Crippen molar-refractivity contribution in [2.24, 2.45) is 5.92 Å². The molecule has 1 aliphatic rings. The predicted octanol–water partition coefficient (Wildman–Crippen LogP) is 4.54. The fourth-order valence-corrected chi connectivity index (χ4v) is 7.61. The molecule has 4 amide bonds. The number of hydrogen-bond donors (Lipinski definition) is 5. The van der Waals surface area contributed by atoms with Crippen LogP contribution in [0.2, 0.25) is 0 Å². The lowest BCUT2D eigenvalue weighted by atomic mass is 9.84. The summed E-state index contributed by atoms with van der Waals surface area (Å²) in [5.41, 5.74) is 1.99. The number of benzene rings is 3. The second-order valence-electron chi connectivity index (χ2n) is 13.4. The van der Waals surface area contributed by atoms with E-state index in [1.165, 1.54) is 13.8 Å². The summed E-state index contributed by atoms with van der Waals surface area (Å²) in [5.74, 6) is -2.82. The quantitative estimate of drug-likeness (QED) is 0.0675. The molecule has 3 aromatic rings. The second-order valence-corrected chi connectivity index (χ2v) is 15.1. The first-order chi connectivity index (χ1) is 24.9. The van der Waals surface area contributed by atoms with E-state index in [4.69, 9.17) is 4.74 Å². The summed E-state index contributed by atoms with van der Waals surface area (Å²) in [6.45, 7) is 6.04. The molecule has 1 aliphatic heterocycles. The Morgan fingerprint density at radius 1 is 0.846 bits per heavy atom. The van der Waals surface area contributed by atoms with E-state index in [2.05, 4.69) is 70.3 Å². The number of rotatable bonds is 10. The third-order valence-corrected chi connectivity index (χ3v) is 10.6. The van der Waals surface area contributed by atoms with E-state index in [0.29, 0.717) is 12.2 Å². The van der Waals surface area contributed by atoms with E-state index >= 15 is 0 Å². The minimum Gasteiger partial charge on any atom is -0.456 e. The van der Waals surface area contributed by atoms with Crippen LogP contribution in [0.4, 0.5) is 0 Å². The van der Waals surface area contributed by atoms with Gasteiger partial charge in [0.1, 0.15) is 30.3 Å². The minimum absolute atomic E-state index is 0.0469. The van der Waals surface area contributed by atoms with E-state index in [1.807, 2.05) is 60.7 Å². The Morgan fingerprint density at radius 2 is 1.38 bits per heavy atom. The molecule has 52 heavy (non-hydrogen) atoms. The average molecular weight is 745 g/mol. The maximum atomic E-state index is 13.2. The lowest BCUT2D eigenvalue weighted by molar-refractivity contribution is -0.149. The van der Waals surface area contributed by atoms with E-state index in [9.17, 15) is 24.0 Å². The molecule has 0 bridgehead atoms. The topological polar surface area (TPSA) is 143 Å². The molecular weight excluding hydrogens is 697 g/mol. The molecule has 12 heteroatoms. The molecule has 0 saturated carbocycles. The Hall–Kier alpha value is -4.55. The molecule has 3 atom stereocenters. The Bertz CT molecular complexity index is 1610. The highest BCUT2D eigenvalue weighted by atomic mass is 32.2. The van der Waals surface area contributed by atoms with Crippen LogP contribution in [0.15, 0.2) is 103 Å². The maximum Gasteiger partial charge on any atom is 0.326 e. The summed E-state index contributed by atoms with van der Waals surface area (Å²) in [4.78, 5) is 65.5. The van der Waals surface area contributed by atoms with Crippen LogP contribution in [-0.2, 0) is 33.5 Å². The molecule has 0 aliphatic carbocycles. The van der Waals surface area contributed by atoms with Crippen LogP contribution in [0.3, 0.4) is 0 Å². The molecule has 4 N–H and O–H groups in total. The van der Waals surface area contributed by atoms with Crippen molar-refractivity contribution in [1.82, 2.24) is 21.3 Å². The number of allylic oxidation sites excluding steroid dienone is 1. The predicted molar refractivity (Wildman–Crippen MR) is 208 cm³/mol. The zero-order valence-electron chi connectivity index (χ0n) is 30.0. The Morgan fingerprint density at radius 3 is 1.88 bits per heavy atom. The van der Waals surface area contributed by atoms with Crippen molar-refractivity contribution in [3.63, 3.8) is 0 Å². The Kier molecular flexibility index (Phi) is 14.5. The number of carbonyl (C=O) groups is 5. The molecule has 1 fully saturated rings. The first-order valence-electron chi connectivity index (χ1n) is 17.3. The van der Waals surface area contributed by atoms with Crippen LogP contribution in [0.1, 0.15) is 57.2 Å². The molecular formula is C40H48N4O6S2. The molecule has 0 radical (unpaired) electrons. The summed E-state index contributed by atoms with van der Waals surface area (Å²) in [7, 11) is 0. The minimum atomic E-state index is -1.42. The van der Waals surface area contributed by atoms with E-state index in [-0.39, 0.29) is 18.1 Å². The number of cyclic esters (lactones) is 1. The third-order valence-electron chi connectivity index (χ3n) is 8.64. The molecule has 1 saturated heterocycles. The normalized spacial score (nSPS) is 20.8. The van der Waals surface area contributed by atoms with Crippen LogP contribution in [-0.4, -0.2) is 71.4 Å². The second kappa shape index (κ2) is 18.8. The molecule has 1 heterocycles. The highest BCUT2D eigenvalue weighted by Crippen LogP contribution is 2.48. The SMILES string of the molecule is CC(C)[C@H]1NC(=O)[C@@H](CS)NC(=O)C(C)(C)NC(=O)C[C@@H](/C=C/CCSC(c2ccccc2)(c2ccccc2)c2ccccc2)OC(=O)CNC1=O. The number of thioether (sulfide) groups is 1. The smallest absolute Gasteiger partial charge is 0.326 e. The van der Waals surface area contributed by atoms with Gasteiger partial charge in [0, 0.05) is 5.75 Å². The first kappa shape index (κ1) is 40.2. The maximum absolute atomic E-state index is 13.2. The lowest BCUT2D eigenvalue weighted by Gasteiger charge is -2.35. The van der Waals surface area contributed by atoms with Crippen LogP contribution in [0.5, 0.6) is 0 Å². The van der Waals surface area contributed by atoms with Crippen molar-refractivity contribution in [2.75, 3.05) is 18.1 Å². The Labute approximate surface area is 315 Å². The van der Waals surface area contributed by atoms with Crippen molar-refractivity contribution in [3.8, 4) is 0 Å². The van der Waals surface area contributed by atoms with Gasteiger partial charge in [-0.05, 0) is 54.7 Å². The third kappa shape index (κ3) is 10.5. The van der Waals surface area contributed by atoms with Crippen molar-refractivity contribution >= 4 is 54.0 Å². The van der Waals surface area contributed by atoms with Gasteiger partial charge in [-0.1, -0.05) is 111 Å². The van der Waals surface area contributed by atoms with Crippen molar-refractivity contribution < 1.29 is 28.7 Å². The van der Waals surface area contributed by atoms with Crippen LogP contribution >= 0.6 is 24.4 Å². The number of amides is 4.